The normalized spacial score (nSPS) is 11.4. The summed E-state index contributed by atoms with van der Waals surface area (Å²) in [4.78, 5) is 20.5. The summed E-state index contributed by atoms with van der Waals surface area (Å²) >= 11 is 0. The molecule has 0 aromatic heterocycles. The van der Waals surface area contributed by atoms with Crippen LogP contribution in [0.4, 0.5) is 0 Å². The molecule has 0 rings (SSSR count). The van der Waals surface area contributed by atoms with Crippen molar-refractivity contribution >= 4 is 19.9 Å². The molecule has 0 aromatic carbocycles. The Morgan fingerprint density at radius 2 is 2.08 bits per heavy atom. The number of carboxylic acid groups (broad SMARTS) is 2. The van der Waals surface area contributed by atoms with Crippen LogP contribution < -0.4 is 5.32 Å². The molecule has 0 spiro atoms. The van der Waals surface area contributed by atoms with Crippen molar-refractivity contribution in [3.05, 3.63) is 0 Å². The van der Waals surface area contributed by atoms with Gasteiger partial charge in [0.25, 0.3) is 0 Å². The van der Waals surface area contributed by atoms with E-state index in [1.54, 1.807) is 0 Å². The Labute approximate surface area is 75.1 Å². The van der Waals surface area contributed by atoms with Crippen LogP contribution in [0.1, 0.15) is 12.8 Å². The van der Waals surface area contributed by atoms with Gasteiger partial charge in [0.2, 0.25) is 0 Å². The first-order chi connectivity index (χ1) is 6.07. The van der Waals surface area contributed by atoms with Crippen molar-refractivity contribution in [2.45, 2.75) is 18.9 Å². The Balaban J connectivity index is 4.07. The average Bonchev–Trinajstić information content (AvgIpc) is 2.03. The number of carbonyl (C=O) groups is 2. The van der Waals surface area contributed by atoms with Gasteiger partial charge < -0.3 is 0 Å². The van der Waals surface area contributed by atoms with Crippen LogP contribution in [0.5, 0.6) is 0 Å². The predicted molar refractivity (Wildman–Crippen MR) is 42.9 cm³/mol. The Bertz CT molecular complexity index is 295. The molecule has 0 saturated heterocycles. The van der Waals surface area contributed by atoms with Crippen molar-refractivity contribution in [2.24, 2.45) is 0 Å². The Kier molecular flexibility index (Phi) is 5.89. The van der Waals surface area contributed by atoms with Crippen molar-refractivity contribution in [1.29, 1.82) is 0 Å². The molecule has 0 amide bonds. The molecular formula is C6H8NO5P. The number of nitrogens with one attached hydrogen (secondary N) is 1. The van der Waals surface area contributed by atoms with Gasteiger partial charge in [0.1, 0.15) is 0 Å². The summed E-state index contributed by atoms with van der Waals surface area (Å²) in [5.74, 6) is -0.227. The molecule has 0 heterocycles. The zero-order valence-corrected chi connectivity index (χ0v) is 7.45. The zero-order valence-electron chi connectivity index (χ0n) is 6.56. The molecule has 0 radical (unpaired) electrons. The van der Waals surface area contributed by atoms with E-state index in [4.69, 9.17) is 10.2 Å². The first-order valence-electron chi connectivity index (χ1n) is 3.35. The third-order valence-corrected chi connectivity index (χ3v) is 1.45. The molecule has 72 valence electrons. The minimum atomic E-state index is -1.20. The number of aliphatic carboxylic acids is 2. The Morgan fingerprint density at radius 1 is 1.46 bits per heavy atom. The van der Waals surface area contributed by atoms with Crippen LogP contribution in [0, 0.1) is 5.75 Å². The molecule has 7 heteroatoms. The quantitative estimate of drug-likeness (QED) is 0.434. The van der Waals surface area contributed by atoms with Gasteiger partial charge in [-0.05, 0) is 0 Å². The predicted octanol–water partition coefficient (Wildman–Crippen LogP) is 0.102. The topological polar surface area (TPSA) is 104 Å². The SMILES string of the molecule is O=P#CN[C@@H](CCC(=O)O)C(=O)O. The van der Waals surface area contributed by atoms with E-state index in [0.29, 0.717) is 0 Å². The van der Waals surface area contributed by atoms with Gasteiger partial charge in [-0.3, -0.25) is 0 Å². The number of carboxylic acids is 2. The summed E-state index contributed by atoms with van der Waals surface area (Å²) in [7, 11) is -0.460. The molecule has 0 bridgehead atoms. The van der Waals surface area contributed by atoms with Gasteiger partial charge in [0.05, 0.1) is 0 Å². The van der Waals surface area contributed by atoms with Gasteiger partial charge >= 0.3 is 74.2 Å². The summed E-state index contributed by atoms with van der Waals surface area (Å²) in [6.45, 7) is 0. The fraction of sp³-hybridized carbons (Fsp3) is 0.500. The van der Waals surface area contributed by atoms with Crippen molar-refractivity contribution in [2.75, 3.05) is 0 Å². The van der Waals surface area contributed by atoms with Crippen LogP contribution >= 0.6 is 7.92 Å². The standard InChI is InChI=1S/C6H8NO5P/c8-5(9)2-1-4(6(10)11)7-3-13-12/h4,7H,1-2H2,(H,8,9)(H,10,11)/t4-/m0/s1. The van der Waals surface area contributed by atoms with Crippen molar-refractivity contribution in [3.63, 3.8) is 0 Å². The van der Waals surface area contributed by atoms with Crippen LogP contribution in [-0.2, 0) is 14.2 Å². The van der Waals surface area contributed by atoms with Crippen LogP contribution in [0.15, 0.2) is 0 Å². The third-order valence-electron chi connectivity index (χ3n) is 1.23. The summed E-state index contributed by atoms with van der Waals surface area (Å²) in [6, 6.07) is -1.06. The maximum atomic E-state index is 10.4. The van der Waals surface area contributed by atoms with E-state index in [-0.39, 0.29) is 12.8 Å². The van der Waals surface area contributed by atoms with Crippen LogP contribution in [-0.4, -0.2) is 28.2 Å². The first kappa shape index (κ1) is 11.9. The molecule has 0 unspecified atom stereocenters. The van der Waals surface area contributed by atoms with Gasteiger partial charge in [0, 0.05) is 0 Å². The second-order valence-electron chi connectivity index (χ2n) is 2.17. The second-order valence-corrected chi connectivity index (χ2v) is 2.58. The molecule has 13 heavy (non-hydrogen) atoms. The molecule has 0 fully saturated rings. The molecule has 0 aliphatic heterocycles. The van der Waals surface area contributed by atoms with Gasteiger partial charge in [-0.25, -0.2) is 0 Å². The third kappa shape index (κ3) is 6.11. The molecule has 0 aromatic rings. The van der Waals surface area contributed by atoms with Crippen LogP contribution in [0.2, 0.25) is 0 Å². The minimum absolute atomic E-state index is 0.0762. The average molecular weight is 205 g/mol. The Morgan fingerprint density at radius 3 is 2.46 bits per heavy atom. The summed E-state index contributed by atoms with van der Waals surface area (Å²) in [5.41, 5.74) is 0. The van der Waals surface area contributed by atoms with Crippen molar-refractivity contribution in [3.8, 4) is 5.75 Å². The molecule has 0 aliphatic rings. The van der Waals surface area contributed by atoms with E-state index in [0.717, 1.165) is 0 Å². The van der Waals surface area contributed by atoms with E-state index in [1.807, 2.05) is 5.75 Å². The molecule has 1 atom stereocenters. The van der Waals surface area contributed by atoms with E-state index in [1.165, 1.54) is 0 Å². The van der Waals surface area contributed by atoms with Gasteiger partial charge in [-0.15, -0.1) is 0 Å². The Hall–Kier alpha value is -1.09. The molecule has 0 saturated carbocycles. The second kappa shape index (κ2) is 6.43. The number of hydrogen-bond acceptors (Lipinski definition) is 4. The number of rotatable bonds is 5. The molecular weight excluding hydrogens is 197 g/mol. The number of hydrogen-bond donors (Lipinski definition) is 3. The maximum absolute atomic E-state index is 10.4. The van der Waals surface area contributed by atoms with E-state index >= 15 is 0 Å². The monoisotopic (exact) mass is 205 g/mol. The molecule has 0 aliphatic carbocycles. The summed E-state index contributed by atoms with van der Waals surface area (Å²) in [5, 5.41) is 19.0. The summed E-state index contributed by atoms with van der Waals surface area (Å²) < 4.78 is 9.88. The molecule has 6 nitrogen and oxygen atoms in total. The van der Waals surface area contributed by atoms with Gasteiger partial charge in [0.15, 0.2) is 0 Å². The zero-order chi connectivity index (χ0) is 10.3. The fourth-order valence-electron chi connectivity index (χ4n) is 0.629. The van der Waals surface area contributed by atoms with E-state index in [2.05, 4.69) is 5.32 Å². The van der Waals surface area contributed by atoms with Crippen molar-refractivity contribution in [1.82, 2.24) is 5.32 Å². The molecule has 3 N–H and O–H groups in total. The van der Waals surface area contributed by atoms with E-state index in [9.17, 15) is 14.2 Å². The van der Waals surface area contributed by atoms with E-state index < -0.39 is 25.9 Å². The van der Waals surface area contributed by atoms with Gasteiger partial charge in [-0.2, -0.15) is 0 Å². The first-order valence-corrected chi connectivity index (χ1v) is 4.16. The van der Waals surface area contributed by atoms with Crippen molar-refractivity contribution < 1.29 is 24.4 Å². The summed E-state index contributed by atoms with van der Waals surface area (Å²) in [6.07, 6.45) is -0.339. The van der Waals surface area contributed by atoms with Crippen LogP contribution in [0.3, 0.4) is 0 Å². The fourth-order valence-corrected chi connectivity index (χ4v) is 0.838. The van der Waals surface area contributed by atoms with Crippen LogP contribution in [0.25, 0.3) is 0 Å². The van der Waals surface area contributed by atoms with Gasteiger partial charge in [-0.1, -0.05) is 0 Å².